The number of hydrogen-bond donors (Lipinski definition) is 0. The highest BCUT2D eigenvalue weighted by Gasteiger charge is 2.25. The molecule has 1 aliphatic rings. The summed E-state index contributed by atoms with van der Waals surface area (Å²) in [5.41, 5.74) is 2.70. The molecule has 1 heterocycles. The zero-order chi connectivity index (χ0) is 11.9. The predicted molar refractivity (Wildman–Crippen MR) is 73.6 cm³/mol. The van der Waals surface area contributed by atoms with Gasteiger partial charge < -0.3 is 4.42 Å². The summed E-state index contributed by atoms with van der Waals surface area (Å²) >= 11 is 0. The second-order valence-electron chi connectivity index (χ2n) is 5.00. The van der Waals surface area contributed by atoms with Gasteiger partial charge in [0.05, 0.1) is 6.26 Å². The third kappa shape index (κ3) is 1.47. The smallest absolute Gasteiger partial charge is 0.134 e. The Balaban J connectivity index is 2.03. The minimum absolute atomic E-state index is 0.778. The van der Waals surface area contributed by atoms with Crippen LogP contribution in [-0.4, -0.2) is 0 Å². The SMILES string of the molecule is c1coc(-c2ccc(C3CC3)c3ccccc23)c1. The zero-order valence-electron chi connectivity index (χ0n) is 10.1. The molecule has 1 fully saturated rings. The monoisotopic (exact) mass is 234 g/mol. The summed E-state index contributed by atoms with van der Waals surface area (Å²) in [4.78, 5) is 0. The van der Waals surface area contributed by atoms with Crippen molar-refractivity contribution >= 4 is 10.8 Å². The largest absolute Gasteiger partial charge is 0.464 e. The maximum Gasteiger partial charge on any atom is 0.134 e. The normalized spacial score (nSPS) is 15.1. The van der Waals surface area contributed by atoms with E-state index in [-0.39, 0.29) is 0 Å². The lowest BCUT2D eigenvalue weighted by Crippen LogP contribution is -1.86. The Morgan fingerprint density at radius 1 is 0.833 bits per heavy atom. The van der Waals surface area contributed by atoms with Gasteiger partial charge >= 0.3 is 0 Å². The van der Waals surface area contributed by atoms with Crippen LogP contribution in [0.5, 0.6) is 0 Å². The van der Waals surface area contributed by atoms with Crippen LogP contribution in [0.3, 0.4) is 0 Å². The van der Waals surface area contributed by atoms with E-state index >= 15 is 0 Å². The van der Waals surface area contributed by atoms with Crippen LogP contribution in [0, 0.1) is 0 Å². The molecule has 18 heavy (non-hydrogen) atoms. The summed E-state index contributed by atoms with van der Waals surface area (Å²) in [7, 11) is 0. The van der Waals surface area contributed by atoms with Gasteiger partial charge in [0.25, 0.3) is 0 Å². The Bertz CT molecular complexity index is 691. The zero-order valence-corrected chi connectivity index (χ0v) is 10.1. The van der Waals surface area contributed by atoms with E-state index in [9.17, 15) is 0 Å². The first-order valence-corrected chi connectivity index (χ1v) is 6.49. The van der Waals surface area contributed by atoms with Crippen molar-refractivity contribution in [3.8, 4) is 11.3 Å². The number of furan rings is 1. The number of benzene rings is 2. The molecule has 4 rings (SSSR count). The van der Waals surface area contributed by atoms with E-state index < -0.39 is 0 Å². The summed E-state index contributed by atoms with van der Waals surface area (Å²) < 4.78 is 5.54. The average Bonchev–Trinajstić information content (AvgIpc) is 3.12. The lowest BCUT2D eigenvalue weighted by atomic mass is 9.96. The highest BCUT2D eigenvalue weighted by atomic mass is 16.3. The number of rotatable bonds is 2. The van der Waals surface area contributed by atoms with Gasteiger partial charge in [-0.15, -0.1) is 0 Å². The summed E-state index contributed by atoms with van der Waals surface area (Å²) in [6, 6.07) is 17.1. The topological polar surface area (TPSA) is 13.1 Å². The van der Waals surface area contributed by atoms with Gasteiger partial charge in [0, 0.05) is 5.56 Å². The third-order valence-corrected chi connectivity index (χ3v) is 3.76. The lowest BCUT2D eigenvalue weighted by molar-refractivity contribution is 0.583. The Morgan fingerprint density at radius 2 is 1.67 bits per heavy atom. The molecule has 0 bridgehead atoms. The van der Waals surface area contributed by atoms with Gasteiger partial charge in [0.15, 0.2) is 0 Å². The molecule has 1 aliphatic carbocycles. The quantitative estimate of drug-likeness (QED) is 0.609. The summed E-state index contributed by atoms with van der Waals surface area (Å²) in [5.74, 6) is 1.73. The first kappa shape index (κ1) is 9.95. The van der Waals surface area contributed by atoms with Crippen molar-refractivity contribution in [2.45, 2.75) is 18.8 Å². The Hall–Kier alpha value is -2.02. The summed E-state index contributed by atoms with van der Waals surface area (Å²) in [6.07, 6.45) is 4.41. The van der Waals surface area contributed by atoms with E-state index in [0.717, 1.165) is 11.7 Å². The maximum atomic E-state index is 5.54. The van der Waals surface area contributed by atoms with Gasteiger partial charge in [-0.25, -0.2) is 0 Å². The third-order valence-electron chi connectivity index (χ3n) is 3.76. The highest BCUT2D eigenvalue weighted by Crippen LogP contribution is 2.44. The fourth-order valence-corrected chi connectivity index (χ4v) is 2.72. The van der Waals surface area contributed by atoms with Gasteiger partial charge in [0.1, 0.15) is 5.76 Å². The Morgan fingerprint density at radius 3 is 2.39 bits per heavy atom. The second kappa shape index (κ2) is 3.74. The molecule has 1 saturated carbocycles. The number of hydrogen-bond acceptors (Lipinski definition) is 1. The van der Waals surface area contributed by atoms with Crippen LogP contribution in [0.15, 0.2) is 59.2 Å². The molecule has 0 amide bonds. The van der Waals surface area contributed by atoms with E-state index in [0.29, 0.717) is 0 Å². The predicted octanol–water partition coefficient (Wildman–Crippen LogP) is 4.98. The summed E-state index contributed by atoms with van der Waals surface area (Å²) in [5, 5.41) is 2.69. The van der Waals surface area contributed by atoms with Crippen LogP contribution in [0.2, 0.25) is 0 Å². The fourth-order valence-electron chi connectivity index (χ4n) is 2.72. The van der Waals surface area contributed by atoms with Gasteiger partial charge in [-0.05, 0) is 47.2 Å². The average molecular weight is 234 g/mol. The standard InChI is InChI=1S/C17H14O/c1-2-5-15-14(4-1)13(12-7-8-12)9-10-16(15)17-6-3-11-18-17/h1-6,9-12H,7-8H2. The minimum Gasteiger partial charge on any atom is -0.464 e. The van der Waals surface area contributed by atoms with Crippen molar-refractivity contribution in [3.05, 3.63) is 60.4 Å². The molecule has 0 radical (unpaired) electrons. The number of fused-ring (bicyclic) bond motifs is 1. The molecule has 2 aromatic carbocycles. The first-order chi connectivity index (χ1) is 8.93. The molecule has 0 atom stereocenters. The van der Waals surface area contributed by atoms with Crippen LogP contribution in [0.1, 0.15) is 24.3 Å². The second-order valence-corrected chi connectivity index (χ2v) is 5.00. The molecular formula is C17H14O. The molecule has 0 unspecified atom stereocenters. The van der Waals surface area contributed by atoms with Crippen LogP contribution in [0.4, 0.5) is 0 Å². The van der Waals surface area contributed by atoms with Crippen LogP contribution >= 0.6 is 0 Å². The van der Waals surface area contributed by atoms with E-state index in [4.69, 9.17) is 4.42 Å². The van der Waals surface area contributed by atoms with Crippen molar-refractivity contribution in [1.82, 2.24) is 0 Å². The molecular weight excluding hydrogens is 220 g/mol. The molecule has 0 spiro atoms. The van der Waals surface area contributed by atoms with E-state index in [1.54, 1.807) is 6.26 Å². The van der Waals surface area contributed by atoms with Crippen molar-refractivity contribution in [3.63, 3.8) is 0 Å². The van der Waals surface area contributed by atoms with E-state index in [1.807, 2.05) is 12.1 Å². The molecule has 0 N–H and O–H groups in total. The van der Waals surface area contributed by atoms with Gasteiger partial charge in [-0.2, -0.15) is 0 Å². The first-order valence-electron chi connectivity index (χ1n) is 6.49. The van der Waals surface area contributed by atoms with Crippen molar-refractivity contribution in [1.29, 1.82) is 0 Å². The van der Waals surface area contributed by atoms with Crippen molar-refractivity contribution < 1.29 is 4.42 Å². The van der Waals surface area contributed by atoms with Gasteiger partial charge in [-0.3, -0.25) is 0 Å². The van der Waals surface area contributed by atoms with Crippen LogP contribution in [-0.2, 0) is 0 Å². The molecule has 88 valence electrons. The van der Waals surface area contributed by atoms with Gasteiger partial charge in [-0.1, -0.05) is 36.4 Å². The van der Waals surface area contributed by atoms with Crippen LogP contribution in [0.25, 0.3) is 22.1 Å². The molecule has 1 aromatic heterocycles. The van der Waals surface area contributed by atoms with E-state index in [2.05, 4.69) is 36.4 Å². The van der Waals surface area contributed by atoms with Crippen molar-refractivity contribution in [2.24, 2.45) is 0 Å². The lowest BCUT2D eigenvalue weighted by Gasteiger charge is -2.09. The van der Waals surface area contributed by atoms with Gasteiger partial charge in [0.2, 0.25) is 0 Å². The Labute approximate surface area is 106 Å². The molecule has 3 aromatic rings. The molecule has 0 aliphatic heterocycles. The Kier molecular flexibility index (Phi) is 2.07. The molecule has 0 saturated heterocycles. The van der Waals surface area contributed by atoms with Crippen LogP contribution < -0.4 is 0 Å². The van der Waals surface area contributed by atoms with E-state index in [1.165, 1.54) is 34.7 Å². The fraction of sp³-hybridized carbons (Fsp3) is 0.176. The maximum absolute atomic E-state index is 5.54. The molecule has 1 heteroatoms. The highest BCUT2D eigenvalue weighted by molar-refractivity contribution is 5.97. The summed E-state index contributed by atoms with van der Waals surface area (Å²) in [6.45, 7) is 0. The minimum atomic E-state index is 0.778. The van der Waals surface area contributed by atoms with Crippen molar-refractivity contribution in [2.75, 3.05) is 0 Å². The molecule has 1 nitrogen and oxygen atoms in total.